The predicted molar refractivity (Wildman–Crippen MR) is 185 cm³/mol. The number of hydrogen-bond acceptors (Lipinski definition) is 8. The summed E-state index contributed by atoms with van der Waals surface area (Å²) in [5.74, 6) is 0.794. The van der Waals surface area contributed by atoms with Gasteiger partial charge < -0.3 is 18.9 Å². The molecule has 0 bridgehead atoms. The fraction of sp³-hybridized carbons (Fsp3) is 0.459. The van der Waals surface area contributed by atoms with Crippen molar-refractivity contribution in [3.05, 3.63) is 88.6 Å². The molecular weight excluding hydrogens is 590 g/mol. The second kappa shape index (κ2) is 13.4. The van der Waals surface area contributed by atoms with Crippen molar-refractivity contribution in [2.45, 2.75) is 83.8 Å². The summed E-state index contributed by atoms with van der Waals surface area (Å²) in [6, 6.07) is 16.9. The van der Waals surface area contributed by atoms with Crippen LogP contribution in [-0.4, -0.2) is 68.1 Å². The number of anilines is 1. The normalized spacial score (nSPS) is 21.4. The van der Waals surface area contributed by atoms with Gasteiger partial charge in [0.2, 0.25) is 0 Å². The average Bonchev–Trinajstić information content (AvgIpc) is 3.58. The molecule has 2 aromatic carbocycles. The van der Waals surface area contributed by atoms with Crippen molar-refractivity contribution in [3.8, 4) is 5.75 Å². The third-order valence-corrected chi connectivity index (χ3v) is 10.2. The van der Waals surface area contributed by atoms with Gasteiger partial charge >= 0.3 is 0 Å². The fourth-order valence-corrected chi connectivity index (χ4v) is 7.41. The number of fused-ring (bicyclic) bond motifs is 2. The molecular formula is C37H45N7O3. The van der Waals surface area contributed by atoms with Gasteiger partial charge in [0, 0.05) is 56.3 Å². The van der Waals surface area contributed by atoms with Crippen molar-refractivity contribution in [1.29, 1.82) is 0 Å². The second-order valence-corrected chi connectivity index (χ2v) is 12.9. The topological polar surface area (TPSA) is 90.5 Å². The molecule has 5 heterocycles. The van der Waals surface area contributed by atoms with Crippen LogP contribution in [-0.2, 0) is 11.3 Å². The van der Waals surface area contributed by atoms with E-state index in [4.69, 9.17) is 14.6 Å². The van der Waals surface area contributed by atoms with Crippen LogP contribution in [0.5, 0.6) is 5.75 Å². The molecule has 7 rings (SSSR count). The van der Waals surface area contributed by atoms with Gasteiger partial charge in [0.05, 0.1) is 42.1 Å². The Morgan fingerprint density at radius 3 is 2.47 bits per heavy atom. The summed E-state index contributed by atoms with van der Waals surface area (Å²) in [6.45, 7) is 9.69. The lowest BCUT2D eigenvalue weighted by molar-refractivity contribution is -0.0390. The van der Waals surface area contributed by atoms with Gasteiger partial charge in [0.1, 0.15) is 17.5 Å². The Morgan fingerprint density at radius 2 is 1.74 bits per heavy atom. The summed E-state index contributed by atoms with van der Waals surface area (Å²) in [5.41, 5.74) is 6.70. The summed E-state index contributed by atoms with van der Waals surface area (Å²) in [4.78, 5) is 28.2. The Labute approximate surface area is 275 Å². The molecule has 2 fully saturated rings. The zero-order valence-corrected chi connectivity index (χ0v) is 27.9. The maximum atomic E-state index is 14.0. The van der Waals surface area contributed by atoms with E-state index >= 15 is 0 Å². The summed E-state index contributed by atoms with van der Waals surface area (Å²) >= 11 is 0. The minimum absolute atomic E-state index is 0.0246. The zero-order chi connectivity index (χ0) is 32.5. The third-order valence-electron chi connectivity index (χ3n) is 10.2. The summed E-state index contributed by atoms with van der Waals surface area (Å²) < 4.78 is 15.3. The zero-order valence-electron chi connectivity index (χ0n) is 27.9. The van der Waals surface area contributed by atoms with E-state index in [9.17, 15) is 4.79 Å². The number of benzene rings is 2. The molecule has 0 saturated carbocycles. The quantitative estimate of drug-likeness (QED) is 0.186. The van der Waals surface area contributed by atoms with Gasteiger partial charge in [-0.1, -0.05) is 32.0 Å². The fourth-order valence-electron chi connectivity index (χ4n) is 7.41. The van der Waals surface area contributed by atoms with Crippen LogP contribution in [0.3, 0.4) is 0 Å². The van der Waals surface area contributed by atoms with Gasteiger partial charge in [-0.3, -0.25) is 19.7 Å². The highest BCUT2D eigenvalue weighted by molar-refractivity contribution is 5.88. The number of rotatable bonds is 9. The molecule has 246 valence electrons. The number of methoxy groups -OCH3 is 1. The van der Waals surface area contributed by atoms with Crippen molar-refractivity contribution in [2.24, 2.45) is 0 Å². The van der Waals surface area contributed by atoms with E-state index in [0.29, 0.717) is 12.6 Å². The van der Waals surface area contributed by atoms with Gasteiger partial charge in [0.25, 0.3) is 5.56 Å². The van der Waals surface area contributed by atoms with Crippen LogP contribution in [0.2, 0.25) is 0 Å². The lowest BCUT2D eigenvalue weighted by Gasteiger charge is -2.49. The second-order valence-electron chi connectivity index (χ2n) is 12.9. The number of aromatic nitrogens is 5. The highest BCUT2D eigenvalue weighted by atomic mass is 16.5. The lowest BCUT2D eigenvalue weighted by Crippen LogP contribution is -2.58. The first kappa shape index (κ1) is 31.3. The molecule has 2 aliphatic rings. The Kier molecular flexibility index (Phi) is 8.96. The van der Waals surface area contributed by atoms with E-state index < -0.39 is 0 Å². The van der Waals surface area contributed by atoms with Gasteiger partial charge in [-0.05, 0) is 74.4 Å². The maximum absolute atomic E-state index is 14.0. The van der Waals surface area contributed by atoms with Crippen molar-refractivity contribution in [3.63, 3.8) is 0 Å². The van der Waals surface area contributed by atoms with Gasteiger partial charge in [-0.25, -0.2) is 4.68 Å². The molecule has 47 heavy (non-hydrogen) atoms. The molecule has 4 atom stereocenters. The van der Waals surface area contributed by atoms with E-state index in [1.807, 2.05) is 45.8 Å². The number of piperazine rings is 1. The smallest absolute Gasteiger partial charge is 0.253 e. The van der Waals surface area contributed by atoms with Gasteiger partial charge in [0.15, 0.2) is 0 Å². The first-order chi connectivity index (χ1) is 23.0. The molecule has 0 N–H and O–H groups in total. The Morgan fingerprint density at radius 1 is 0.957 bits per heavy atom. The van der Waals surface area contributed by atoms with Crippen LogP contribution in [0, 0.1) is 0 Å². The van der Waals surface area contributed by atoms with Crippen molar-refractivity contribution >= 4 is 27.8 Å². The molecule has 5 aromatic rings. The first-order valence-corrected chi connectivity index (χ1v) is 17.1. The van der Waals surface area contributed by atoms with Crippen LogP contribution < -0.4 is 15.2 Å². The van der Waals surface area contributed by atoms with E-state index in [0.717, 1.165) is 90.9 Å². The number of nitrogens with zero attached hydrogens (tertiary/aromatic N) is 7. The Bertz CT molecular complexity index is 1900. The Balaban J connectivity index is 1.25. The minimum atomic E-state index is -0.122. The van der Waals surface area contributed by atoms with Crippen LogP contribution in [0.15, 0.2) is 71.9 Å². The minimum Gasteiger partial charge on any atom is -0.497 e. The summed E-state index contributed by atoms with van der Waals surface area (Å²) in [5, 5.41) is 5.18. The highest BCUT2D eigenvalue weighted by Crippen LogP contribution is 2.36. The molecule has 10 heteroatoms. The molecule has 0 amide bonds. The van der Waals surface area contributed by atoms with E-state index in [1.165, 1.54) is 5.56 Å². The Hall–Kier alpha value is -4.28. The maximum Gasteiger partial charge on any atom is 0.253 e. The molecule has 10 nitrogen and oxygen atoms in total. The summed E-state index contributed by atoms with van der Waals surface area (Å²) in [6.07, 6.45) is 10.4. The average molecular weight is 636 g/mol. The highest BCUT2D eigenvalue weighted by Gasteiger charge is 2.37. The molecule has 3 aromatic heterocycles. The van der Waals surface area contributed by atoms with E-state index in [2.05, 4.69) is 58.7 Å². The number of hydrogen-bond donors (Lipinski definition) is 0. The van der Waals surface area contributed by atoms with Crippen molar-refractivity contribution in [2.75, 3.05) is 31.7 Å². The van der Waals surface area contributed by atoms with Crippen LogP contribution in [0.4, 0.5) is 5.69 Å². The SMILES string of the molecule is CC[C@H]1CN(C(C)c2ccc3nccnc3c2)[C@H](CC)CN1c1cc(=O)n(Cc2ccc(OC)cc2)c2cn(C3CCCCO3)nc12. The number of pyridine rings is 1. The van der Waals surface area contributed by atoms with E-state index in [-0.39, 0.29) is 23.9 Å². The molecule has 2 unspecified atom stereocenters. The standard InChI is InChI=1S/C37H45N7O3/c1-5-28-23-42(29(6-2)22-41(28)25(3)27-12-15-31-32(19-27)39-17-16-38-31)33-20-35(45)43(21-26-10-13-30(46-4)14-11-26)34-24-44(40-37(33)34)36-9-7-8-18-47-36/h10-17,19-20,24-25,28-29,36H,5-9,18,21-23H2,1-4H3/t25?,28-,29+,36?/m1/s1. The van der Waals surface area contributed by atoms with E-state index in [1.54, 1.807) is 19.5 Å². The van der Waals surface area contributed by atoms with Crippen LogP contribution in [0.1, 0.15) is 76.3 Å². The van der Waals surface area contributed by atoms with Gasteiger partial charge in [-0.15, -0.1) is 0 Å². The first-order valence-electron chi connectivity index (χ1n) is 17.1. The van der Waals surface area contributed by atoms with Crippen LogP contribution in [0.25, 0.3) is 22.1 Å². The molecule has 0 radical (unpaired) electrons. The third kappa shape index (κ3) is 6.12. The summed E-state index contributed by atoms with van der Waals surface area (Å²) in [7, 11) is 1.66. The van der Waals surface area contributed by atoms with Crippen molar-refractivity contribution in [1.82, 2.24) is 29.2 Å². The van der Waals surface area contributed by atoms with Crippen molar-refractivity contribution < 1.29 is 9.47 Å². The molecule has 2 aliphatic heterocycles. The predicted octanol–water partition coefficient (Wildman–Crippen LogP) is 6.34. The molecule has 2 saturated heterocycles. The number of ether oxygens (including phenoxy) is 2. The molecule has 0 aliphatic carbocycles. The van der Waals surface area contributed by atoms with Gasteiger partial charge in [-0.2, -0.15) is 5.10 Å². The lowest BCUT2D eigenvalue weighted by atomic mass is 9.96. The van der Waals surface area contributed by atoms with Crippen LogP contribution >= 0.6 is 0 Å². The molecule has 0 spiro atoms. The monoisotopic (exact) mass is 635 g/mol. The largest absolute Gasteiger partial charge is 0.497 e.